The molecule has 1 saturated carbocycles. The Morgan fingerprint density at radius 1 is 0.809 bits per heavy atom. The molecule has 0 bridgehead atoms. The van der Waals surface area contributed by atoms with Crippen LogP contribution in [-0.2, 0) is 32.6 Å². The molecule has 1 aliphatic carbocycles. The van der Waals surface area contributed by atoms with Crippen molar-refractivity contribution in [3.63, 3.8) is 0 Å². The first-order valence-electron chi connectivity index (χ1n) is 15.5. The Morgan fingerprint density at radius 2 is 1.40 bits per heavy atom. The third kappa shape index (κ3) is 9.12. The first kappa shape index (κ1) is 34.4. The number of halogens is 3. The summed E-state index contributed by atoms with van der Waals surface area (Å²) in [5.41, 5.74) is 1.49. The SMILES string of the molecule is O=C(NC1CCCCC1)[C@@H](Cc1ccccc1)N(Cc1ccc(F)cc1)C(=O)CN(c1cc(Cl)cc(Cl)c1)S(=O)(=O)c1ccccc1. The van der Waals surface area contributed by atoms with Crippen LogP contribution < -0.4 is 9.62 Å². The molecule has 5 rings (SSSR count). The Hall–Kier alpha value is -3.92. The summed E-state index contributed by atoms with van der Waals surface area (Å²) in [5, 5.41) is 3.54. The number of hydrogen-bond donors (Lipinski definition) is 1. The van der Waals surface area contributed by atoms with E-state index in [0.717, 1.165) is 42.0 Å². The number of hydrogen-bond acceptors (Lipinski definition) is 4. The molecule has 1 atom stereocenters. The quantitative estimate of drug-likeness (QED) is 0.167. The van der Waals surface area contributed by atoms with Crippen molar-refractivity contribution in [2.75, 3.05) is 10.8 Å². The molecule has 0 saturated heterocycles. The van der Waals surface area contributed by atoms with Crippen LogP contribution in [0, 0.1) is 5.82 Å². The first-order valence-corrected chi connectivity index (χ1v) is 17.7. The van der Waals surface area contributed by atoms with E-state index in [1.807, 2.05) is 30.3 Å². The van der Waals surface area contributed by atoms with Gasteiger partial charge in [0.2, 0.25) is 11.8 Å². The maximum atomic E-state index is 14.6. The van der Waals surface area contributed by atoms with Crippen LogP contribution in [0.4, 0.5) is 10.1 Å². The number of amides is 2. The lowest BCUT2D eigenvalue weighted by molar-refractivity contribution is -0.140. The fourth-order valence-corrected chi connectivity index (χ4v) is 7.75. The van der Waals surface area contributed by atoms with Gasteiger partial charge < -0.3 is 10.2 Å². The number of nitrogens with zero attached hydrogens (tertiary/aromatic N) is 2. The molecule has 0 radical (unpaired) electrons. The largest absolute Gasteiger partial charge is 0.352 e. The van der Waals surface area contributed by atoms with Gasteiger partial charge in [-0.15, -0.1) is 0 Å². The van der Waals surface area contributed by atoms with E-state index < -0.39 is 34.3 Å². The van der Waals surface area contributed by atoms with Crippen molar-refractivity contribution in [2.45, 2.75) is 62.0 Å². The summed E-state index contributed by atoms with van der Waals surface area (Å²) in [6, 6.07) is 26.0. The monoisotopic (exact) mass is 695 g/mol. The zero-order valence-electron chi connectivity index (χ0n) is 25.7. The highest BCUT2D eigenvalue weighted by molar-refractivity contribution is 7.92. The van der Waals surface area contributed by atoms with Gasteiger partial charge in [0.05, 0.1) is 10.6 Å². The van der Waals surface area contributed by atoms with E-state index in [9.17, 15) is 22.4 Å². The molecule has 1 fully saturated rings. The minimum atomic E-state index is -4.30. The van der Waals surface area contributed by atoms with Crippen LogP contribution in [0.25, 0.3) is 0 Å². The lowest BCUT2D eigenvalue weighted by atomic mass is 9.94. The average molecular weight is 697 g/mol. The van der Waals surface area contributed by atoms with E-state index in [1.165, 1.54) is 47.4 Å². The lowest BCUT2D eigenvalue weighted by Gasteiger charge is -2.35. The third-order valence-electron chi connectivity index (χ3n) is 8.23. The molecule has 1 N–H and O–H groups in total. The second-order valence-corrected chi connectivity index (χ2v) is 14.4. The van der Waals surface area contributed by atoms with E-state index in [4.69, 9.17) is 23.2 Å². The Bertz CT molecular complexity index is 1750. The number of rotatable bonds is 12. The second kappa shape index (κ2) is 15.8. The highest BCUT2D eigenvalue weighted by Crippen LogP contribution is 2.30. The van der Waals surface area contributed by atoms with Gasteiger partial charge in [-0.25, -0.2) is 12.8 Å². The van der Waals surface area contributed by atoms with Crippen LogP contribution in [0.2, 0.25) is 10.0 Å². The summed E-state index contributed by atoms with van der Waals surface area (Å²) in [5.74, 6) is -1.41. The van der Waals surface area contributed by atoms with Crippen molar-refractivity contribution in [1.29, 1.82) is 0 Å². The summed E-state index contributed by atoms with van der Waals surface area (Å²) < 4.78 is 43.1. The molecule has 0 heterocycles. The van der Waals surface area contributed by atoms with E-state index in [-0.39, 0.29) is 45.5 Å². The minimum absolute atomic E-state index is 0.0270. The van der Waals surface area contributed by atoms with E-state index in [1.54, 1.807) is 30.3 Å². The van der Waals surface area contributed by atoms with Gasteiger partial charge in [0.1, 0.15) is 18.4 Å². The Kier molecular flexibility index (Phi) is 11.6. The summed E-state index contributed by atoms with van der Waals surface area (Å²) in [7, 11) is -4.30. The van der Waals surface area contributed by atoms with Crippen molar-refractivity contribution >= 4 is 50.7 Å². The van der Waals surface area contributed by atoms with E-state index in [0.29, 0.717) is 5.56 Å². The zero-order chi connectivity index (χ0) is 33.4. The van der Waals surface area contributed by atoms with Crippen molar-refractivity contribution in [2.24, 2.45) is 0 Å². The van der Waals surface area contributed by atoms with Gasteiger partial charge in [-0.1, -0.05) is 103 Å². The standard InChI is InChI=1S/C36H36Cl2FN3O4S/c37-28-21-29(38)23-32(22-28)42(47(45,46)33-14-8-3-9-15-33)25-35(43)41(24-27-16-18-30(39)19-17-27)34(20-26-10-4-1-5-11-26)36(44)40-31-12-6-2-7-13-31/h1,3-5,8-11,14-19,21-23,31,34H,2,6-7,12-13,20,24-25H2,(H,40,44)/t34-/m1/s1. The van der Waals surface area contributed by atoms with Crippen LogP contribution in [0.5, 0.6) is 0 Å². The van der Waals surface area contributed by atoms with Gasteiger partial charge in [-0.05, 0) is 66.4 Å². The molecule has 47 heavy (non-hydrogen) atoms. The molecule has 7 nitrogen and oxygen atoms in total. The molecule has 0 aliphatic heterocycles. The molecule has 4 aromatic carbocycles. The van der Waals surface area contributed by atoms with Gasteiger partial charge >= 0.3 is 0 Å². The highest BCUT2D eigenvalue weighted by Gasteiger charge is 2.35. The molecule has 246 valence electrons. The Labute approximate surface area is 285 Å². The lowest BCUT2D eigenvalue weighted by Crippen LogP contribution is -2.55. The molecule has 0 spiro atoms. The summed E-state index contributed by atoms with van der Waals surface area (Å²) in [6.07, 6.45) is 4.97. The van der Waals surface area contributed by atoms with Crippen molar-refractivity contribution in [3.05, 3.63) is 130 Å². The highest BCUT2D eigenvalue weighted by atomic mass is 35.5. The van der Waals surface area contributed by atoms with Crippen LogP contribution in [0.1, 0.15) is 43.2 Å². The molecule has 0 unspecified atom stereocenters. The van der Waals surface area contributed by atoms with Crippen LogP contribution in [-0.4, -0.2) is 43.8 Å². The number of carbonyl (C=O) groups is 2. The average Bonchev–Trinajstić information content (AvgIpc) is 3.06. The molecular formula is C36H36Cl2FN3O4S. The summed E-state index contributed by atoms with van der Waals surface area (Å²) in [6.45, 7) is -0.721. The predicted octanol–water partition coefficient (Wildman–Crippen LogP) is 7.42. The Morgan fingerprint density at radius 3 is 2.02 bits per heavy atom. The minimum Gasteiger partial charge on any atom is -0.352 e. The number of sulfonamides is 1. The summed E-state index contributed by atoms with van der Waals surface area (Å²) in [4.78, 5) is 30.1. The van der Waals surface area contributed by atoms with Gasteiger partial charge in [-0.2, -0.15) is 0 Å². The molecular weight excluding hydrogens is 660 g/mol. The first-order chi connectivity index (χ1) is 22.6. The smallest absolute Gasteiger partial charge is 0.264 e. The molecule has 4 aromatic rings. The van der Waals surface area contributed by atoms with E-state index >= 15 is 0 Å². The predicted molar refractivity (Wildman–Crippen MR) is 183 cm³/mol. The van der Waals surface area contributed by atoms with Gasteiger partial charge in [0, 0.05) is 29.1 Å². The van der Waals surface area contributed by atoms with Crippen molar-refractivity contribution in [1.82, 2.24) is 10.2 Å². The topological polar surface area (TPSA) is 86.8 Å². The normalized spacial score (nSPS) is 14.3. The Balaban J connectivity index is 1.57. The van der Waals surface area contributed by atoms with Crippen LogP contribution >= 0.6 is 23.2 Å². The van der Waals surface area contributed by atoms with Crippen molar-refractivity contribution in [3.8, 4) is 0 Å². The molecule has 0 aromatic heterocycles. The number of anilines is 1. The van der Waals surface area contributed by atoms with E-state index in [2.05, 4.69) is 5.32 Å². The van der Waals surface area contributed by atoms with Gasteiger partial charge in [0.25, 0.3) is 10.0 Å². The number of benzene rings is 4. The second-order valence-electron chi connectivity index (χ2n) is 11.6. The van der Waals surface area contributed by atoms with Gasteiger partial charge in [0.15, 0.2) is 0 Å². The fraction of sp³-hybridized carbons (Fsp3) is 0.278. The third-order valence-corrected chi connectivity index (χ3v) is 10.5. The maximum Gasteiger partial charge on any atom is 0.264 e. The fourth-order valence-electron chi connectivity index (χ4n) is 5.82. The molecule has 2 amide bonds. The number of nitrogens with one attached hydrogen (secondary N) is 1. The van der Waals surface area contributed by atoms with Crippen molar-refractivity contribution < 1.29 is 22.4 Å². The summed E-state index contributed by atoms with van der Waals surface area (Å²) >= 11 is 12.6. The van der Waals surface area contributed by atoms with Crippen LogP contribution in [0.3, 0.4) is 0 Å². The zero-order valence-corrected chi connectivity index (χ0v) is 28.0. The van der Waals surface area contributed by atoms with Crippen LogP contribution in [0.15, 0.2) is 108 Å². The number of carbonyl (C=O) groups excluding carboxylic acids is 2. The maximum absolute atomic E-state index is 14.6. The molecule has 1 aliphatic rings. The van der Waals surface area contributed by atoms with Gasteiger partial charge in [-0.3, -0.25) is 13.9 Å². The molecule has 11 heteroatoms.